The van der Waals surface area contributed by atoms with Crippen molar-refractivity contribution in [3.05, 3.63) is 59.2 Å². The molecule has 0 unspecified atom stereocenters. The molecule has 1 fully saturated rings. The van der Waals surface area contributed by atoms with Crippen LogP contribution in [0.1, 0.15) is 34.3 Å². The molecule has 1 saturated heterocycles. The Kier molecular flexibility index (Phi) is 5.41. The van der Waals surface area contributed by atoms with Crippen molar-refractivity contribution < 1.29 is 19.1 Å². The van der Waals surface area contributed by atoms with Gasteiger partial charge in [-0.15, -0.1) is 0 Å². The molecule has 2 aromatic carbocycles. The second-order valence-corrected chi connectivity index (χ2v) is 8.28. The van der Waals surface area contributed by atoms with E-state index in [1.165, 1.54) is 11.1 Å². The summed E-state index contributed by atoms with van der Waals surface area (Å²) in [5.74, 6) is 1.30. The number of ether oxygens (including phenoxy) is 2. The van der Waals surface area contributed by atoms with Gasteiger partial charge in [0.1, 0.15) is 11.5 Å². The van der Waals surface area contributed by atoms with Gasteiger partial charge >= 0.3 is 0 Å². The Labute approximate surface area is 177 Å². The monoisotopic (exact) mass is 408 g/mol. The van der Waals surface area contributed by atoms with Crippen LogP contribution < -0.4 is 9.47 Å². The van der Waals surface area contributed by atoms with Crippen LogP contribution in [0, 0.1) is 5.41 Å². The van der Waals surface area contributed by atoms with E-state index in [-0.39, 0.29) is 11.8 Å². The summed E-state index contributed by atoms with van der Waals surface area (Å²) in [6.45, 7) is 1.75. The first-order valence-corrected chi connectivity index (χ1v) is 10.3. The van der Waals surface area contributed by atoms with Crippen LogP contribution in [0.3, 0.4) is 0 Å². The minimum Gasteiger partial charge on any atom is -0.497 e. The summed E-state index contributed by atoms with van der Waals surface area (Å²) in [5, 5.41) is 0. The molecule has 0 saturated carbocycles. The lowest BCUT2D eigenvalue weighted by Crippen LogP contribution is -2.50. The van der Waals surface area contributed by atoms with Crippen molar-refractivity contribution in [3.63, 3.8) is 0 Å². The zero-order valence-corrected chi connectivity index (χ0v) is 17.8. The highest BCUT2D eigenvalue weighted by Crippen LogP contribution is 2.40. The molecule has 2 aliphatic heterocycles. The first-order chi connectivity index (χ1) is 14.5. The standard InChI is InChI=1S/C24H28N2O4/c1-25-16-18-7-5-4-6-17(18)15-24(23(25)28)8-10-26(11-9-24)22(27)19-12-20(29-2)14-21(13-19)30-3/h4-7,12-14H,8-11,15-16H2,1-3H3. The molecule has 6 heteroatoms. The first-order valence-electron chi connectivity index (χ1n) is 10.3. The number of piperidine rings is 1. The van der Waals surface area contributed by atoms with Crippen molar-refractivity contribution in [3.8, 4) is 11.5 Å². The lowest BCUT2D eigenvalue weighted by Gasteiger charge is -2.41. The van der Waals surface area contributed by atoms with Crippen molar-refractivity contribution in [1.82, 2.24) is 9.80 Å². The molecular weight excluding hydrogens is 380 g/mol. The summed E-state index contributed by atoms with van der Waals surface area (Å²) in [5.41, 5.74) is 2.56. The number of hydrogen-bond donors (Lipinski definition) is 0. The van der Waals surface area contributed by atoms with Crippen LogP contribution in [0.4, 0.5) is 0 Å². The van der Waals surface area contributed by atoms with Gasteiger partial charge in [0, 0.05) is 38.3 Å². The van der Waals surface area contributed by atoms with Crippen LogP contribution in [0.2, 0.25) is 0 Å². The average molecular weight is 408 g/mol. The molecule has 30 heavy (non-hydrogen) atoms. The van der Waals surface area contributed by atoms with Crippen LogP contribution >= 0.6 is 0 Å². The van der Waals surface area contributed by atoms with Crippen molar-refractivity contribution in [1.29, 1.82) is 0 Å². The number of likely N-dealkylation sites (tertiary alicyclic amines) is 1. The molecule has 0 radical (unpaired) electrons. The third kappa shape index (κ3) is 3.62. The fourth-order valence-electron chi connectivity index (χ4n) is 4.70. The van der Waals surface area contributed by atoms with E-state index in [0.29, 0.717) is 49.5 Å². The Morgan fingerprint density at radius 3 is 2.17 bits per heavy atom. The Hall–Kier alpha value is -3.02. The second kappa shape index (κ2) is 8.01. The molecule has 2 heterocycles. The van der Waals surface area contributed by atoms with E-state index in [4.69, 9.17) is 9.47 Å². The molecule has 0 aliphatic carbocycles. The SMILES string of the molecule is COc1cc(OC)cc(C(=O)N2CCC3(CC2)Cc2ccccc2CN(C)C3=O)c1. The molecule has 0 bridgehead atoms. The number of hydrogen-bond acceptors (Lipinski definition) is 4. The highest BCUT2D eigenvalue weighted by molar-refractivity contribution is 5.95. The van der Waals surface area contributed by atoms with Gasteiger partial charge in [0.15, 0.2) is 0 Å². The van der Waals surface area contributed by atoms with E-state index in [1.807, 2.05) is 29.0 Å². The molecule has 2 amide bonds. The molecule has 2 aromatic rings. The van der Waals surface area contributed by atoms with Gasteiger partial charge in [-0.1, -0.05) is 24.3 Å². The molecule has 0 N–H and O–H groups in total. The first kappa shape index (κ1) is 20.3. The number of methoxy groups -OCH3 is 2. The fourth-order valence-corrected chi connectivity index (χ4v) is 4.70. The van der Waals surface area contributed by atoms with Gasteiger partial charge < -0.3 is 19.3 Å². The quantitative estimate of drug-likeness (QED) is 0.783. The highest BCUT2D eigenvalue weighted by atomic mass is 16.5. The van der Waals surface area contributed by atoms with Gasteiger partial charge in [-0.25, -0.2) is 0 Å². The largest absolute Gasteiger partial charge is 0.497 e. The summed E-state index contributed by atoms with van der Waals surface area (Å²) in [6.07, 6.45) is 2.07. The lowest BCUT2D eigenvalue weighted by molar-refractivity contribution is -0.143. The molecule has 4 rings (SSSR count). The molecule has 2 aliphatic rings. The van der Waals surface area contributed by atoms with Crippen molar-refractivity contribution in [2.24, 2.45) is 5.41 Å². The van der Waals surface area contributed by atoms with E-state index >= 15 is 0 Å². The summed E-state index contributed by atoms with van der Waals surface area (Å²) < 4.78 is 10.6. The lowest BCUT2D eigenvalue weighted by atomic mass is 9.73. The molecule has 1 spiro atoms. The Morgan fingerprint density at radius 1 is 0.967 bits per heavy atom. The van der Waals surface area contributed by atoms with Crippen molar-refractivity contribution in [2.45, 2.75) is 25.8 Å². The van der Waals surface area contributed by atoms with Crippen molar-refractivity contribution >= 4 is 11.8 Å². The summed E-state index contributed by atoms with van der Waals surface area (Å²) >= 11 is 0. The third-order valence-electron chi connectivity index (χ3n) is 6.46. The molecule has 0 atom stereocenters. The van der Waals surface area contributed by atoms with Crippen LogP contribution in [-0.4, -0.2) is 56.0 Å². The summed E-state index contributed by atoms with van der Waals surface area (Å²) in [4.78, 5) is 30.1. The van der Waals surface area contributed by atoms with E-state index in [0.717, 1.165) is 6.42 Å². The van der Waals surface area contributed by atoms with E-state index in [9.17, 15) is 9.59 Å². The number of fused-ring (bicyclic) bond motifs is 1. The van der Waals surface area contributed by atoms with Crippen LogP contribution in [0.15, 0.2) is 42.5 Å². The summed E-state index contributed by atoms with van der Waals surface area (Å²) in [7, 11) is 5.02. The van der Waals surface area contributed by atoms with Gasteiger partial charge in [0.05, 0.1) is 19.6 Å². The van der Waals surface area contributed by atoms with Gasteiger partial charge in [-0.05, 0) is 42.5 Å². The zero-order valence-electron chi connectivity index (χ0n) is 17.8. The maximum absolute atomic E-state index is 13.3. The Morgan fingerprint density at radius 2 is 1.57 bits per heavy atom. The van der Waals surface area contributed by atoms with Gasteiger partial charge in [-0.3, -0.25) is 9.59 Å². The van der Waals surface area contributed by atoms with Crippen LogP contribution in [-0.2, 0) is 17.8 Å². The minimum atomic E-state index is -0.440. The molecule has 6 nitrogen and oxygen atoms in total. The number of nitrogens with zero attached hydrogens (tertiary/aromatic N) is 2. The van der Waals surface area contributed by atoms with E-state index in [1.54, 1.807) is 32.4 Å². The van der Waals surface area contributed by atoms with Crippen LogP contribution in [0.5, 0.6) is 11.5 Å². The maximum atomic E-state index is 13.3. The van der Waals surface area contributed by atoms with Gasteiger partial charge in [0.25, 0.3) is 5.91 Å². The topological polar surface area (TPSA) is 59.1 Å². The second-order valence-electron chi connectivity index (χ2n) is 8.28. The smallest absolute Gasteiger partial charge is 0.254 e. The molecular formula is C24H28N2O4. The predicted molar refractivity (Wildman–Crippen MR) is 114 cm³/mol. The number of carbonyl (C=O) groups is 2. The third-order valence-corrected chi connectivity index (χ3v) is 6.46. The number of benzene rings is 2. The average Bonchev–Trinajstić information content (AvgIpc) is 2.88. The van der Waals surface area contributed by atoms with E-state index < -0.39 is 5.41 Å². The van der Waals surface area contributed by atoms with E-state index in [2.05, 4.69) is 12.1 Å². The normalized spacial score (nSPS) is 18.0. The number of rotatable bonds is 3. The number of amides is 2. The molecule has 0 aromatic heterocycles. The highest BCUT2D eigenvalue weighted by Gasteiger charge is 2.45. The minimum absolute atomic E-state index is 0.0584. The number of carbonyl (C=O) groups excluding carboxylic acids is 2. The fraction of sp³-hybridized carbons (Fsp3) is 0.417. The molecule has 158 valence electrons. The Balaban J connectivity index is 1.54. The van der Waals surface area contributed by atoms with Gasteiger partial charge in [0.2, 0.25) is 5.91 Å². The van der Waals surface area contributed by atoms with Crippen LogP contribution in [0.25, 0.3) is 0 Å². The summed E-state index contributed by atoms with van der Waals surface area (Å²) in [6, 6.07) is 13.5. The maximum Gasteiger partial charge on any atom is 0.254 e. The Bertz CT molecular complexity index is 941. The van der Waals surface area contributed by atoms with Crippen molar-refractivity contribution in [2.75, 3.05) is 34.4 Å². The van der Waals surface area contributed by atoms with Gasteiger partial charge in [-0.2, -0.15) is 0 Å². The predicted octanol–water partition coefficient (Wildman–Crippen LogP) is 3.14. The zero-order chi connectivity index (χ0) is 21.3.